The number of hydrogen-bond donors (Lipinski definition) is 1. The molecule has 20 heavy (non-hydrogen) atoms. The van der Waals surface area contributed by atoms with E-state index in [1.807, 2.05) is 12.1 Å². The fourth-order valence-corrected chi connectivity index (χ4v) is 2.37. The molecule has 0 radical (unpaired) electrons. The number of fused-ring (bicyclic) bond motifs is 1. The van der Waals surface area contributed by atoms with E-state index in [4.69, 9.17) is 0 Å². The number of anilines is 2. The van der Waals surface area contributed by atoms with Crippen LogP contribution in [-0.2, 0) is 0 Å². The van der Waals surface area contributed by atoms with E-state index in [0.29, 0.717) is 0 Å². The van der Waals surface area contributed by atoms with E-state index < -0.39 is 0 Å². The first-order valence-electron chi connectivity index (χ1n) is 6.38. The van der Waals surface area contributed by atoms with Crippen molar-refractivity contribution in [2.75, 3.05) is 5.32 Å². The third kappa shape index (κ3) is 2.75. The molecule has 0 bridgehead atoms. The fourth-order valence-electron chi connectivity index (χ4n) is 2.01. The van der Waals surface area contributed by atoms with Crippen LogP contribution < -0.4 is 5.32 Å². The van der Waals surface area contributed by atoms with Gasteiger partial charge in [0.15, 0.2) is 0 Å². The molecule has 0 atom stereocenters. The van der Waals surface area contributed by atoms with Crippen LogP contribution in [0.5, 0.6) is 0 Å². The van der Waals surface area contributed by atoms with Crippen molar-refractivity contribution in [2.24, 2.45) is 0 Å². The molecule has 100 valence electrons. The second kappa shape index (κ2) is 5.36. The van der Waals surface area contributed by atoms with Crippen LogP contribution in [0, 0.1) is 17.4 Å². The van der Waals surface area contributed by atoms with E-state index in [-0.39, 0.29) is 0 Å². The van der Waals surface area contributed by atoms with Gasteiger partial charge in [-0.25, -0.2) is 4.98 Å². The molecule has 0 spiro atoms. The van der Waals surface area contributed by atoms with Crippen molar-refractivity contribution >= 4 is 45.1 Å². The zero-order chi connectivity index (χ0) is 14.1. The first kappa shape index (κ1) is 13.3. The van der Waals surface area contributed by atoms with Crippen molar-refractivity contribution in [1.82, 2.24) is 9.97 Å². The van der Waals surface area contributed by atoms with Crippen LogP contribution in [0.1, 0.15) is 11.1 Å². The summed E-state index contributed by atoms with van der Waals surface area (Å²) < 4.78 is 1.21. The van der Waals surface area contributed by atoms with Gasteiger partial charge in [0.1, 0.15) is 5.82 Å². The van der Waals surface area contributed by atoms with Gasteiger partial charge in [-0.1, -0.05) is 0 Å². The Morgan fingerprint density at radius 3 is 2.30 bits per heavy atom. The molecule has 0 saturated heterocycles. The third-order valence-electron chi connectivity index (χ3n) is 3.27. The highest BCUT2D eigenvalue weighted by molar-refractivity contribution is 14.1. The van der Waals surface area contributed by atoms with Crippen molar-refractivity contribution in [1.29, 1.82) is 0 Å². The van der Waals surface area contributed by atoms with Crippen LogP contribution >= 0.6 is 22.6 Å². The van der Waals surface area contributed by atoms with Crippen LogP contribution in [0.25, 0.3) is 11.0 Å². The minimum atomic E-state index is 0.766. The van der Waals surface area contributed by atoms with Gasteiger partial charge in [0.2, 0.25) is 0 Å². The van der Waals surface area contributed by atoms with Crippen LogP contribution in [0.3, 0.4) is 0 Å². The number of aryl methyl sites for hydroxylation is 2. The average molecular weight is 375 g/mol. The van der Waals surface area contributed by atoms with Crippen molar-refractivity contribution in [3.8, 4) is 0 Å². The van der Waals surface area contributed by atoms with E-state index in [2.05, 4.69) is 76.0 Å². The summed E-state index contributed by atoms with van der Waals surface area (Å²) in [6, 6.07) is 12.3. The molecule has 3 rings (SSSR count). The predicted molar refractivity (Wildman–Crippen MR) is 91.5 cm³/mol. The Bertz CT molecular complexity index is 767. The molecule has 2 aromatic carbocycles. The van der Waals surface area contributed by atoms with Gasteiger partial charge in [0.05, 0.1) is 17.2 Å². The lowest BCUT2D eigenvalue weighted by Crippen LogP contribution is -1.96. The monoisotopic (exact) mass is 375 g/mol. The zero-order valence-corrected chi connectivity index (χ0v) is 13.5. The van der Waals surface area contributed by atoms with Crippen LogP contribution in [0.15, 0.2) is 42.6 Å². The Morgan fingerprint density at radius 2 is 1.60 bits per heavy atom. The second-order valence-corrected chi connectivity index (χ2v) is 6.06. The highest BCUT2D eigenvalue weighted by Crippen LogP contribution is 2.20. The number of halogens is 1. The average Bonchev–Trinajstić information content (AvgIpc) is 2.43. The van der Waals surface area contributed by atoms with E-state index in [1.165, 1.54) is 14.7 Å². The molecule has 1 N–H and O–H groups in total. The van der Waals surface area contributed by atoms with Gasteiger partial charge in [-0.15, -0.1) is 0 Å². The van der Waals surface area contributed by atoms with E-state index in [1.54, 1.807) is 6.20 Å². The summed E-state index contributed by atoms with van der Waals surface area (Å²) in [5.74, 6) is 0.766. The second-order valence-electron chi connectivity index (χ2n) is 4.81. The summed E-state index contributed by atoms with van der Waals surface area (Å²) >= 11 is 2.29. The van der Waals surface area contributed by atoms with E-state index in [9.17, 15) is 0 Å². The lowest BCUT2D eigenvalue weighted by Gasteiger charge is -2.07. The first-order valence-corrected chi connectivity index (χ1v) is 7.46. The molecule has 4 heteroatoms. The van der Waals surface area contributed by atoms with Gasteiger partial charge in [0, 0.05) is 9.26 Å². The number of aromatic nitrogens is 2. The van der Waals surface area contributed by atoms with Gasteiger partial charge in [-0.3, -0.25) is 4.98 Å². The van der Waals surface area contributed by atoms with Gasteiger partial charge < -0.3 is 5.32 Å². The van der Waals surface area contributed by atoms with Crippen LogP contribution in [0.2, 0.25) is 0 Å². The number of hydrogen-bond acceptors (Lipinski definition) is 3. The molecule has 0 saturated carbocycles. The third-order valence-corrected chi connectivity index (χ3v) is 3.99. The number of benzene rings is 2. The largest absolute Gasteiger partial charge is 0.339 e. The Morgan fingerprint density at radius 1 is 0.950 bits per heavy atom. The van der Waals surface area contributed by atoms with Gasteiger partial charge in [-0.05, 0) is 84.0 Å². The fraction of sp³-hybridized carbons (Fsp3) is 0.125. The van der Waals surface area contributed by atoms with Gasteiger partial charge >= 0.3 is 0 Å². The minimum Gasteiger partial charge on any atom is -0.339 e. The van der Waals surface area contributed by atoms with E-state index >= 15 is 0 Å². The Balaban J connectivity index is 1.96. The molecule has 0 aliphatic rings. The predicted octanol–water partition coefficient (Wildman–Crippen LogP) is 4.59. The lowest BCUT2D eigenvalue weighted by molar-refractivity contribution is 1.25. The molecule has 3 nitrogen and oxygen atoms in total. The summed E-state index contributed by atoms with van der Waals surface area (Å²) in [6.45, 7) is 4.18. The molecular formula is C16H14IN3. The van der Waals surface area contributed by atoms with Crippen molar-refractivity contribution < 1.29 is 0 Å². The standard InChI is InChI=1S/C16H14IN3/c1-10-7-14-15(8-11(10)2)20-16(9-18-14)19-13-5-3-12(17)4-6-13/h3-9H,1-2H3,(H,19,20). The quantitative estimate of drug-likeness (QED) is 0.666. The lowest BCUT2D eigenvalue weighted by atomic mass is 10.1. The molecule has 0 fully saturated rings. The van der Waals surface area contributed by atoms with Crippen molar-refractivity contribution in [2.45, 2.75) is 13.8 Å². The highest BCUT2D eigenvalue weighted by atomic mass is 127. The maximum absolute atomic E-state index is 4.62. The molecule has 3 aromatic rings. The maximum Gasteiger partial charge on any atom is 0.149 e. The molecule has 0 aliphatic carbocycles. The summed E-state index contributed by atoms with van der Waals surface area (Å²) in [6.07, 6.45) is 1.77. The van der Waals surface area contributed by atoms with Crippen LogP contribution in [0.4, 0.5) is 11.5 Å². The number of rotatable bonds is 2. The SMILES string of the molecule is Cc1cc2ncc(Nc3ccc(I)cc3)nc2cc1C. The van der Waals surface area contributed by atoms with Crippen LogP contribution in [-0.4, -0.2) is 9.97 Å². The van der Waals surface area contributed by atoms with Crippen molar-refractivity contribution in [3.63, 3.8) is 0 Å². The van der Waals surface area contributed by atoms with Gasteiger partial charge in [-0.2, -0.15) is 0 Å². The maximum atomic E-state index is 4.62. The topological polar surface area (TPSA) is 37.8 Å². The molecular weight excluding hydrogens is 361 g/mol. The smallest absolute Gasteiger partial charge is 0.149 e. The summed E-state index contributed by atoms with van der Waals surface area (Å²) in [5, 5.41) is 3.28. The van der Waals surface area contributed by atoms with Crippen molar-refractivity contribution in [3.05, 3.63) is 57.3 Å². The highest BCUT2D eigenvalue weighted by Gasteiger charge is 2.03. The van der Waals surface area contributed by atoms with E-state index in [0.717, 1.165) is 22.5 Å². The summed E-state index contributed by atoms with van der Waals surface area (Å²) in [7, 11) is 0. The molecule has 0 aliphatic heterocycles. The Hall–Kier alpha value is -1.69. The first-order chi connectivity index (χ1) is 9.61. The zero-order valence-electron chi connectivity index (χ0n) is 11.3. The summed E-state index contributed by atoms with van der Waals surface area (Å²) in [4.78, 5) is 9.09. The minimum absolute atomic E-state index is 0.766. The number of nitrogens with zero attached hydrogens (tertiary/aromatic N) is 2. The molecule has 1 aromatic heterocycles. The Kier molecular flexibility index (Phi) is 3.56. The number of nitrogens with one attached hydrogen (secondary N) is 1. The molecule has 1 heterocycles. The normalized spacial score (nSPS) is 10.8. The van der Waals surface area contributed by atoms with Gasteiger partial charge in [0.25, 0.3) is 0 Å². The molecule has 0 amide bonds. The molecule has 0 unspecified atom stereocenters. The Labute approximate surface area is 131 Å². The summed E-state index contributed by atoms with van der Waals surface area (Å²) in [5.41, 5.74) is 5.34.